The van der Waals surface area contributed by atoms with Crippen molar-refractivity contribution in [1.29, 1.82) is 0 Å². The number of amides is 1. The predicted octanol–water partition coefficient (Wildman–Crippen LogP) is 3.67. The molecule has 0 spiro atoms. The van der Waals surface area contributed by atoms with Crippen LogP contribution in [0.3, 0.4) is 0 Å². The smallest absolute Gasteiger partial charge is 0.407 e. The van der Waals surface area contributed by atoms with Gasteiger partial charge in [-0.15, -0.1) is 0 Å². The summed E-state index contributed by atoms with van der Waals surface area (Å²) < 4.78 is 35.1. The van der Waals surface area contributed by atoms with Crippen molar-refractivity contribution in [2.75, 3.05) is 0 Å². The number of hydrogen-bond acceptors (Lipinski definition) is 6. The lowest BCUT2D eigenvalue weighted by Crippen LogP contribution is -2.41. The molecule has 0 saturated carbocycles. The van der Waals surface area contributed by atoms with Gasteiger partial charge in [0.05, 0.1) is 6.42 Å². The van der Waals surface area contributed by atoms with Crippen molar-refractivity contribution in [2.45, 2.75) is 57.1 Å². The van der Waals surface area contributed by atoms with Gasteiger partial charge in [0.2, 0.25) is 0 Å². The number of nitrogens with one attached hydrogen (secondary N) is 1. The molecule has 0 fully saturated rings. The predicted molar refractivity (Wildman–Crippen MR) is 115 cm³/mol. The fourth-order valence-electron chi connectivity index (χ4n) is 2.70. The number of alkyl carbamates (subject to hydrolysis) is 1. The zero-order chi connectivity index (χ0) is 23.2. The number of rotatable bonds is 8. The van der Waals surface area contributed by atoms with E-state index in [4.69, 9.17) is 14.0 Å². The van der Waals surface area contributed by atoms with E-state index in [1.165, 1.54) is 24.3 Å². The van der Waals surface area contributed by atoms with Gasteiger partial charge < -0.3 is 19.3 Å². The number of carboxylic acid groups (broad SMARTS) is 1. The van der Waals surface area contributed by atoms with Gasteiger partial charge >= 0.3 is 22.2 Å². The number of aryl methyl sites for hydroxylation is 1. The van der Waals surface area contributed by atoms with E-state index in [0.29, 0.717) is 5.56 Å². The maximum atomic E-state index is 12.4. The Hall–Kier alpha value is -3.07. The molecule has 1 amide bonds. The minimum atomic E-state index is -3.97. The molecule has 2 aromatic carbocycles. The standard InChI is InChI=1S/C22H27NO7S/c1-15-5-11-19(12-6-15)31(27,28)30-18-9-7-16(8-10-18)13-17(14-20(24)25)23-21(26)29-22(2,3)4/h5-12,17H,13-14H2,1-4H3,(H,23,26)(H,24,25). The molecule has 2 aromatic rings. The molecule has 9 heteroatoms. The molecule has 0 aliphatic heterocycles. The molecule has 0 heterocycles. The number of benzene rings is 2. The fraction of sp³-hybridized carbons (Fsp3) is 0.364. The van der Waals surface area contributed by atoms with Gasteiger partial charge in [-0.25, -0.2) is 4.79 Å². The van der Waals surface area contributed by atoms with Crippen LogP contribution in [-0.2, 0) is 26.1 Å². The lowest BCUT2D eigenvalue weighted by molar-refractivity contribution is -0.137. The van der Waals surface area contributed by atoms with Gasteiger partial charge in [-0.1, -0.05) is 29.8 Å². The van der Waals surface area contributed by atoms with Crippen LogP contribution in [-0.4, -0.2) is 37.2 Å². The zero-order valence-corrected chi connectivity index (χ0v) is 18.7. The van der Waals surface area contributed by atoms with Gasteiger partial charge in [0.25, 0.3) is 0 Å². The Labute approximate surface area is 182 Å². The molecule has 8 nitrogen and oxygen atoms in total. The van der Waals surface area contributed by atoms with Crippen LogP contribution in [0.15, 0.2) is 53.4 Å². The normalized spacial score (nSPS) is 12.6. The Kier molecular flexibility index (Phi) is 7.67. The Bertz CT molecular complexity index is 1010. The SMILES string of the molecule is Cc1ccc(S(=O)(=O)Oc2ccc(CC(CC(=O)O)NC(=O)OC(C)(C)C)cc2)cc1. The molecule has 1 atom stereocenters. The maximum absolute atomic E-state index is 12.4. The van der Waals surface area contributed by atoms with E-state index >= 15 is 0 Å². The van der Waals surface area contributed by atoms with Crippen molar-refractivity contribution < 1.29 is 32.0 Å². The molecule has 0 aromatic heterocycles. The zero-order valence-electron chi connectivity index (χ0n) is 17.9. The highest BCUT2D eigenvalue weighted by atomic mass is 32.2. The number of ether oxygens (including phenoxy) is 1. The van der Waals surface area contributed by atoms with Crippen molar-refractivity contribution in [3.05, 3.63) is 59.7 Å². The van der Waals surface area contributed by atoms with Crippen molar-refractivity contribution in [3.8, 4) is 5.75 Å². The average molecular weight is 450 g/mol. The molecule has 31 heavy (non-hydrogen) atoms. The van der Waals surface area contributed by atoms with Crippen LogP contribution in [0, 0.1) is 6.92 Å². The summed E-state index contributed by atoms with van der Waals surface area (Å²) in [6, 6.07) is 11.8. The van der Waals surface area contributed by atoms with Gasteiger partial charge in [-0.05, 0) is 63.9 Å². The van der Waals surface area contributed by atoms with E-state index in [1.807, 2.05) is 6.92 Å². The largest absolute Gasteiger partial charge is 0.481 e. The Morgan fingerprint density at radius 2 is 1.61 bits per heavy atom. The third-order valence-corrected chi connectivity index (χ3v) is 5.32. The maximum Gasteiger partial charge on any atom is 0.407 e. The summed E-state index contributed by atoms with van der Waals surface area (Å²) in [5, 5.41) is 11.7. The highest BCUT2D eigenvalue weighted by Gasteiger charge is 2.22. The summed E-state index contributed by atoms with van der Waals surface area (Å²) in [6.07, 6.45) is -0.779. The van der Waals surface area contributed by atoms with Gasteiger partial charge in [-0.3, -0.25) is 4.79 Å². The lowest BCUT2D eigenvalue weighted by Gasteiger charge is -2.23. The third-order valence-electron chi connectivity index (χ3n) is 4.06. The van der Waals surface area contributed by atoms with Crippen molar-refractivity contribution in [2.24, 2.45) is 0 Å². The van der Waals surface area contributed by atoms with Crippen LogP contribution in [0.25, 0.3) is 0 Å². The van der Waals surface area contributed by atoms with Crippen LogP contribution in [0.2, 0.25) is 0 Å². The molecule has 0 aliphatic carbocycles. The first kappa shape index (κ1) is 24.2. The summed E-state index contributed by atoms with van der Waals surface area (Å²) in [5.74, 6) is -0.940. The third kappa shape index (κ3) is 8.29. The van der Waals surface area contributed by atoms with Gasteiger partial charge in [0, 0.05) is 6.04 Å². The molecule has 0 bridgehead atoms. The summed E-state index contributed by atoms with van der Waals surface area (Å²) >= 11 is 0. The minimum absolute atomic E-state index is 0.0465. The summed E-state index contributed by atoms with van der Waals surface area (Å²) in [7, 11) is -3.97. The number of hydrogen-bond donors (Lipinski definition) is 2. The van der Waals surface area contributed by atoms with Crippen LogP contribution in [0.5, 0.6) is 5.75 Å². The van der Waals surface area contributed by atoms with E-state index in [1.54, 1.807) is 45.0 Å². The monoisotopic (exact) mass is 449 g/mol. The van der Waals surface area contributed by atoms with E-state index in [2.05, 4.69) is 5.32 Å². The second kappa shape index (κ2) is 9.82. The highest BCUT2D eigenvalue weighted by molar-refractivity contribution is 7.87. The molecular formula is C22H27NO7S. The van der Waals surface area contributed by atoms with Gasteiger partial charge in [0.1, 0.15) is 16.2 Å². The van der Waals surface area contributed by atoms with E-state index in [-0.39, 0.29) is 23.5 Å². The molecule has 2 N–H and O–H groups in total. The molecule has 168 valence electrons. The Morgan fingerprint density at radius 1 is 1.03 bits per heavy atom. The summed E-state index contributed by atoms with van der Waals surface area (Å²) in [6.45, 7) is 6.98. The molecule has 1 unspecified atom stereocenters. The van der Waals surface area contributed by atoms with Crippen LogP contribution in [0.1, 0.15) is 38.3 Å². The number of carbonyl (C=O) groups is 2. The fourth-order valence-corrected chi connectivity index (χ4v) is 3.63. The van der Waals surface area contributed by atoms with Gasteiger partial charge in [0.15, 0.2) is 0 Å². The Morgan fingerprint density at radius 3 is 2.13 bits per heavy atom. The number of carboxylic acids is 1. The topological polar surface area (TPSA) is 119 Å². The first-order valence-electron chi connectivity index (χ1n) is 9.65. The molecule has 0 saturated heterocycles. The lowest BCUT2D eigenvalue weighted by atomic mass is 10.0. The van der Waals surface area contributed by atoms with Gasteiger partial charge in [-0.2, -0.15) is 8.42 Å². The van der Waals surface area contributed by atoms with Crippen molar-refractivity contribution in [3.63, 3.8) is 0 Å². The summed E-state index contributed by atoms with van der Waals surface area (Å²) in [4.78, 5) is 23.2. The summed E-state index contributed by atoms with van der Waals surface area (Å²) in [5.41, 5.74) is 0.918. The minimum Gasteiger partial charge on any atom is -0.481 e. The molecular weight excluding hydrogens is 422 g/mol. The molecule has 2 rings (SSSR count). The van der Waals surface area contributed by atoms with Crippen molar-refractivity contribution in [1.82, 2.24) is 5.32 Å². The first-order chi connectivity index (χ1) is 14.3. The highest BCUT2D eigenvalue weighted by Crippen LogP contribution is 2.20. The second-order valence-corrected chi connectivity index (χ2v) is 9.69. The van der Waals surface area contributed by atoms with Crippen molar-refractivity contribution >= 4 is 22.2 Å². The van der Waals surface area contributed by atoms with Crippen LogP contribution in [0.4, 0.5) is 4.79 Å². The second-order valence-electron chi connectivity index (χ2n) is 8.14. The average Bonchev–Trinajstić information content (AvgIpc) is 2.61. The number of aliphatic carboxylic acids is 1. The van der Waals surface area contributed by atoms with E-state index in [0.717, 1.165) is 5.56 Å². The van der Waals surface area contributed by atoms with E-state index < -0.39 is 33.8 Å². The quantitative estimate of drug-likeness (QED) is 0.590. The molecule has 0 aliphatic rings. The van der Waals surface area contributed by atoms with E-state index in [9.17, 15) is 18.0 Å². The Balaban J connectivity index is 2.06. The first-order valence-corrected chi connectivity index (χ1v) is 11.1. The molecule has 0 radical (unpaired) electrons. The number of carbonyl (C=O) groups excluding carboxylic acids is 1. The van der Waals surface area contributed by atoms with Crippen LogP contribution >= 0.6 is 0 Å². The van der Waals surface area contributed by atoms with Crippen LogP contribution < -0.4 is 9.50 Å².